The van der Waals surface area contributed by atoms with Gasteiger partial charge in [0.05, 0.1) is 0 Å². The van der Waals surface area contributed by atoms with Gasteiger partial charge in [0.1, 0.15) is 0 Å². The van der Waals surface area contributed by atoms with Gasteiger partial charge in [-0.25, -0.2) is 0 Å². The molecule has 1 aromatic rings. The molecule has 1 aromatic carbocycles. The van der Waals surface area contributed by atoms with Crippen molar-refractivity contribution in [3.63, 3.8) is 0 Å². The van der Waals surface area contributed by atoms with E-state index in [2.05, 4.69) is 38.6 Å². The van der Waals surface area contributed by atoms with Crippen LogP contribution in [-0.4, -0.2) is 0 Å². The van der Waals surface area contributed by atoms with E-state index in [1.54, 1.807) is 0 Å². The minimum absolute atomic E-state index is 1.13. The van der Waals surface area contributed by atoms with E-state index in [9.17, 15) is 0 Å². The molecule has 0 atom stereocenters. The largest absolute Gasteiger partial charge is 0.0985 e. The van der Waals surface area contributed by atoms with Gasteiger partial charge >= 0.3 is 0 Å². The Hall–Kier alpha value is -1.04. The third kappa shape index (κ3) is 2.45. The van der Waals surface area contributed by atoms with Gasteiger partial charge in [-0.3, -0.25) is 0 Å². The van der Waals surface area contributed by atoms with E-state index >= 15 is 0 Å². The highest BCUT2D eigenvalue weighted by atomic mass is 14.0. The molecule has 0 nitrogen and oxygen atoms in total. The van der Waals surface area contributed by atoms with E-state index in [0.29, 0.717) is 0 Å². The quantitative estimate of drug-likeness (QED) is 0.650. The Morgan fingerprint density at radius 2 is 2.00 bits per heavy atom. The molecule has 70 valence electrons. The summed E-state index contributed by atoms with van der Waals surface area (Å²) in [7, 11) is 0. The molecule has 0 spiro atoms. The number of hydrogen-bond acceptors (Lipinski definition) is 0. The van der Waals surface area contributed by atoms with Crippen LogP contribution in [0.1, 0.15) is 37.0 Å². The van der Waals surface area contributed by atoms with Crippen molar-refractivity contribution in [2.45, 2.75) is 33.1 Å². The molecular weight excluding hydrogens is 156 g/mol. The molecule has 0 amide bonds. The van der Waals surface area contributed by atoms with Crippen molar-refractivity contribution in [3.8, 4) is 0 Å². The smallest absolute Gasteiger partial charge is 0.0260 e. The molecule has 0 saturated heterocycles. The van der Waals surface area contributed by atoms with Crippen molar-refractivity contribution in [3.05, 3.63) is 41.5 Å². The molecule has 0 heterocycles. The van der Waals surface area contributed by atoms with E-state index < -0.39 is 0 Å². The SMILES string of the molecule is C=Cc1ccc(CC)c(CCC)c1. The average molecular weight is 174 g/mol. The predicted molar refractivity (Wildman–Crippen MR) is 59.9 cm³/mol. The van der Waals surface area contributed by atoms with Crippen LogP contribution in [0.25, 0.3) is 6.08 Å². The Morgan fingerprint density at radius 1 is 1.23 bits per heavy atom. The van der Waals surface area contributed by atoms with E-state index in [1.807, 2.05) is 6.08 Å². The van der Waals surface area contributed by atoms with E-state index in [-0.39, 0.29) is 0 Å². The average Bonchev–Trinajstić information content (AvgIpc) is 2.18. The van der Waals surface area contributed by atoms with Crippen LogP contribution in [-0.2, 0) is 12.8 Å². The molecular formula is C13H18. The summed E-state index contributed by atoms with van der Waals surface area (Å²) in [4.78, 5) is 0. The van der Waals surface area contributed by atoms with E-state index in [4.69, 9.17) is 0 Å². The lowest BCUT2D eigenvalue weighted by atomic mass is 9.98. The maximum Gasteiger partial charge on any atom is -0.0260 e. The summed E-state index contributed by atoms with van der Waals surface area (Å²) in [6.45, 7) is 8.22. The van der Waals surface area contributed by atoms with Crippen molar-refractivity contribution in [1.29, 1.82) is 0 Å². The number of aryl methyl sites for hydroxylation is 2. The lowest BCUT2D eigenvalue weighted by molar-refractivity contribution is 0.899. The van der Waals surface area contributed by atoms with Crippen molar-refractivity contribution in [2.75, 3.05) is 0 Å². The maximum absolute atomic E-state index is 3.79. The zero-order valence-corrected chi connectivity index (χ0v) is 8.64. The van der Waals surface area contributed by atoms with Crippen LogP contribution in [0.3, 0.4) is 0 Å². The molecule has 0 radical (unpaired) electrons. The fourth-order valence-electron chi connectivity index (χ4n) is 1.62. The molecule has 0 N–H and O–H groups in total. The topological polar surface area (TPSA) is 0 Å². The van der Waals surface area contributed by atoms with Gasteiger partial charge in [0.25, 0.3) is 0 Å². The van der Waals surface area contributed by atoms with Gasteiger partial charge in [-0.1, -0.05) is 51.1 Å². The van der Waals surface area contributed by atoms with Crippen LogP contribution in [0, 0.1) is 0 Å². The Bertz CT molecular complexity index is 284. The van der Waals surface area contributed by atoms with Crippen molar-refractivity contribution in [1.82, 2.24) is 0 Å². The first-order valence-electron chi connectivity index (χ1n) is 5.06. The lowest BCUT2D eigenvalue weighted by Crippen LogP contribution is -1.92. The first-order valence-corrected chi connectivity index (χ1v) is 5.06. The van der Waals surface area contributed by atoms with E-state index in [0.717, 1.165) is 6.42 Å². The summed E-state index contributed by atoms with van der Waals surface area (Å²) in [5, 5.41) is 0. The zero-order chi connectivity index (χ0) is 9.68. The number of hydrogen-bond donors (Lipinski definition) is 0. The fourth-order valence-corrected chi connectivity index (χ4v) is 1.62. The lowest BCUT2D eigenvalue weighted by Gasteiger charge is -2.07. The number of rotatable bonds is 4. The first-order chi connectivity index (χ1) is 6.31. The monoisotopic (exact) mass is 174 g/mol. The van der Waals surface area contributed by atoms with Crippen molar-refractivity contribution >= 4 is 6.08 Å². The van der Waals surface area contributed by atoms with Gasteiger partial charge in [-0.05, 0) is 29.5 Å². The highest BCUT2D eigenvalue weighted by molar-refractivity contribution is 5.50. The van der Waals surface area contributed by atoms with Crippen LogP contribution >= 0.6 is 0 Å². The van der Waals surface area contributed by atoms with Gasteiger partial charge in [-0.15, -0.1) is 0 Å². The van der Waals surface area contributed by atoms with Crippen LogP contribution in [0.2, 0.25) is 0 Å². The standard InChI is InChI=1S/C13H18/c1-4-7-13-10-11(5-2)8-9-12(13)6-3/h5,8-10H,2,4,6-7H2,1,3H3. The molecule has 1 rings (SSSR count). The molecule has 0 aliphatic heterocycles. The molecule has 0 unspecified atom stereocenters. The summed E-state index contributed by atoms with van der Waals surface area (Å²) >= 11 is 0. The molecule has 0 fully saturated rings. The maximum atomic E-state index is 3.79. The molecule has 13 heavy (non-hydrogen) atoms. The van der Waals surface area contributed by atoms with Crippen molar-refractivity contribution < 1.29 is 0 Å². The van der Waals surface area contributed by atoms with Gasteiger partial charge in [0, 0.05) is 0 Å². The third-order valence-corrected chi connectivity index (χ3v) is 2.37. The second-order valence-electron chi connectivity index (χ2n) is 3.34. The van der Waals surface area contributed by atoms with Crippen LogP contribution in [0.4, 0.5) is 0 Å². The summed E-state index contributed by atoms with van der Waals surface area (Å²) in [6.07, 6.45) is 5.45. The summed E-state index contributed by atoms with van der Waals surface area (Å²) < 4.78 is 0. The second kappa shape index (κ2) is 4.86. The van der Waals surface area contributed by atoms with Gasteiger partial charge in [0.2, 0.25) is 0 Å². The van der Waals surface area contributed by atoms with Crippen LogP contribution < -0.4 is 0 Å². The Labute approximate surface area is 81.3 Å². The summed E-state index contributed by atoms with van der Waals surface area (Å²) in [6, 6.07) is 6.63. The first kappa shape index (κ1) is 10.0. The van der Waals surface area contributed by atoms with Gasteiger partial charge < -0.3 is 0 Å². The molecule has 0 aliphatic rings. The van der Waals surface area contributed by atoms with Gasteiger partial charge in [-0.2, -0.15) is 0 Å². The summed E-state index contributed by atoms with van der Waals surface area (Å²) in [5.41, 5.74) is 4.20. The predicted octanol–water partition coefficient (Wildman–Crippen LogP) is 3.84. The highest BCUT2D eigenvalue weighted by Gasteiger charge is 1.99. The minimum Gasteiger partial charge on any atom is -0.0985 e. The normalized spacial score (nSPS) is 10.0. The van der Waals surface area contributed by atoms with Gasteiger partial charge in [0.15, 0.2) is 0 Å². The summed E-state index contributed by atoms with van der Waals surface area (Å²) in [5.74, 6) is 0. The van der Waals surface area contributed by atoms with Crippen LogP contribution in [0.5, 0.6) is 0 Å². The second-order valence-corrected chi connectivity index (χ2v) is 3.34. The molecule has 0 bridgehead atoms. The highest BCUT2D eigenvalue weighted by Crippen LogP contribution is 2.15. The number of benzene rings is 1. The van der Waals surface area contributed by atoms with E-state index in [1.165, 1.54) is 29.5 Å². The molecule has 0 aliphatic carbocycles. The molecule has 0 saturated carbocycles. The van der Waals surface area contributed by atoms with Crippen molar-refractivity contribution in [2.24, 2.45) is 0 Å². The van der Waals surface area contributed by atoms with Crippen LogP contribution in [0.15, 0.2) is 24.8 Å². The minimum atomic E-state index is 1.13. The molecule has 0 heteroatoms. The Morgan fingerprint density at radius 3 is 2.54 bits per heavy atom. The fraction of sp³-hybridized carbons (Fsp3) is 0.385. The Kier molecular flexibility index (Phi) is 3.75. The third-order valence-electron chi connectivity index (χ3n) is 2.37. The zero-order valence-electron chi connectivity index (χ0n) is 8.64. The Balaban J connectivity index is 3.02. The molecule has 0 aromatic heterocycles.